The van der Waals surface area contributed by atoms with Crippen LogP contribution in [-0.4, -0.2) is 96.7 Å². The topological polar surface area (TPSA) is 237 Å². The molecule has 3 N–H and O–H groups in total. The molecule has 17 nitrogen and oxygen atoms in total. The monoisotopic (exact) mass is 1280 g/mol. The molecule has 5 atom stereocenters. The highest BCUT2D eigenvalue weighted by atomic mass is 31.2. The van der Waals surface area contributed by atoms with E-state index in [2.05, 4.69) is 27.7 Å². The molecule has 0 fully saturated rings. The molecule has 0 aliphatic heterocycles. The van der Waals surface area contributed by atoms with E-state index in [1.165, 1.54) is 180 Å². The Labute approximate surface area is 530 Å². The van der Waals surface area contributed by atoms with Gasteiger partial charge in [-0.2, -0.15) is 0 Å². The van der Waals surface area contributed by atoms with Gasteiger partial charge in [0.15, 0.2) is 12.2 Å². The Morgan fingerprint density at radius 2 is 0.460 bits per heavy atom. The molecule has 0 rings (SSSR count). The fraction of sp³-hybridized carbons (Fsp3) is 0.941. The number of esters is 4. The first kappa shape index (κ1) is 85.1. The fourth-order valence-electron chi connectivity index (χ4n) is 10.3. The van der Waals surface area contributed by atoms with Gasteiger partial charge in [0.05, 0.1) is 26.4 Å². The predicted molar refractivity (Wildman–Crippen MR) is 349 cm³/mol. The van der Waals surface area contributed by atoms with Crippen LogP contribution in [0.15, 0.2) is 0 Å². The first-order valence-corrected chi connectivity index (χ1v) is 38.8. The molecule has 0 aliphatic carbocycles. The van der Waals surface area contributed by atoms with E-state index in [9.17, 15) is 43.2 Å². The van der Waals surface area contributed by atoms with Gasteiger partial charge in [-0.1, -0.05) is 304 Å². The van der Waals surface area contributed by atoms with Crippen molar-refractivity contribution >= 4 is 39.5 Å². The molecule has 0 spiro atoms. The maximum Gasteiger partial charge on any atom is 0.472 e. The standard InChI is InChI=1S/C68H132O17P2/c1-5-9-13-17-20-23-26-27-28-29-30-31-32-33-34-35-37-40-43-47-51-55-68(73)85-64(59-79-66(71)53-49-45-41-39-36-24-21-18-14-10-6-2)61-83-87(76,77)81-57-62(69)56-80-86(74,75)82-60-63(58-78-65(70)52-48-44-16-12-8-4)84-67(72)54-50-46-42-38-25-22-19-15-11-7-3/h62-64,69H,5-61H2,1-4H3,(H,74,75)(H,76,77)/t62-,63+,64+/m0/s1. The summed E-state index contributed by atoms with van der Waals surface area (Å²) in [6, 6.07) is 0. The number of hydrogen-bond donors (Lipinski definition) is 3. The average Bonchev–Trinajstić information content (AvgIpc) is 3.61. The maximum absolute atomic E-state index is 13.0. The zero-order valence-electron chi connectivity index (χ0n) is 56.0. The number of phosphoric acid groups is 2. The minimum Gasteiger partial charge on any atom is -0.462 e. The molecule has 87 heavy (non-hydrogen) atoms. The fourth-order valence-corrected chi connectivity index (χ4v) is 11.9. The lowest BCUT2D eigenvalue weighted by Gasteiger charge is -2.21. The normalized spacial score (nSPS) is 14.1. The molecule has 516 valence electrons. The molecule has 0 amide bonds. The lowest BCUT2D eigenvalue weighted by atomic mass is 10.0. The molecule has 19 heteroatoms. The minimum absolute atomic E-state index is 0.106. The Bertz CT molecular complexity index is 1670. The lowest BCUT2D eigenvalue weighted by Crippen LogP contribution is -2.30. The van der Waals surface area contributed by atoms with E-state index in [0.29, 0.717) is 25.7 Å². The number of aliphatic hydroxyl groups is 1. The highest BCUT2D eigenvalue weighted by Crippen LogP contribution is 2.45. The molecule has 0 heterocycles. The molecule has 0 radical (unpaired) electrons. The quantitative estimate of drug-likeness (QED) is 0.0222. The Morgan fingerprint density at radius 1 is 0.276 bits per heavy atom. The van der Waals surface area contributed by atoms with Gasteiger partial charge in [0.25, 0.3) is 0 Å². The molecular formula is C68H132O17P2. The van der Waals surface area contributed by atoms with Crippen LogP contribution in [0.1, 0.15) is 355 Å². The van der Waals surface area contributed by atoms with Crippen LogP contribution < -0.4 is 0 Å². The largest absolute Gasteiger partial charge is 0.472 e. The highest BCUT2D eigenvalue weighted by molar-refractivity contribution is 7.47. The zero-order chi connectivity index (χ0) is 64.0. The number of carbonyl (C=O) groups is 4. The average molecular weight is 1280 g/mol. The first-order valence-electron chi connectivity index (χ1n) is 35.8. The number of unbranched alkanes of at least 4 members (excludes halogenated alkanes) is 43. The maximum atomic E-state index is 13.0. The minimum atomic E-state index is -4.95. The third kappa shape index (κ3) is 62.6. The molecule has 0 saturated heterocycles. The van der Waals surface area contributed by atoms with Gasteiger partial charge >= 0.3 is 39.5 Å². The van der Waals surface area contributed by atoms with Crippen molar-refractivity contribution < 1.29 is 80.2 Å². The summed E-state index contributed by atoms with van der Waals surface area (Å²) < 4.78 is 67.9. The Kier molecular flexibility index (Phi) is 61.4. The first-order chi connectivity index (χ1) is 42.2. The summed E-state index contributed by atoms with van der Waals surface area (Å²) in [5.74, 6) is -2.14. The van der Waals surface area contributed by atoms with E-state index in [1.807, 2.05) is 0 Å². The number of carbonyl (C=O) groups excluding carboxylic acids is 4. The molecule has 0 aromatic heterocycles. The lowest BCUT2D eigenvalue weighted by molar-refractivity contribution is -0.161. The third-order valence-electron chi connectivity index (χ3n) is 15.9. The number of phosphoric ester groups is 2. The SMILES string of the molecule is CCCCCCCCCCCCCCCCCCCCCCCC(=O)O[C@H](COC(=O)CCCCCCCCCCCCC)COP(=O)(O)OC[C@@H](O)COP(=O)(O)OC[C@@H](COC(=O)CCCCCCC)OC(=O)CCCCCCCCCCCC. The van der Waals surface area contributed by atoms with E-state index in [4.69, 9.17) is 37.0 Å². The van der Waals surface area contributed by atoms with E-state index >= 15 is 0 Å². The summed E-state index contributed by atoms with van der Waals surface area (Å²) in [5.41, 5.74) is 0. The van der Waals surface area contributed by atoms with Crippen LogP contribution in [0.2, 0.25) is 0 Å². The number of rotatable bonds is 69. The van der Waals surface area contributed by atoms with E-state index in [1.54, 1.807) is 0 Å². The summed E-state index contributed by atoms with van der Waals surface area (Å²) in [7, 11) is -9.88. The van der Waals surface area contributed by atoms with Gasteiger partial charge in [-0.3, -0.25) is 37.3 Å². The smallest absolute Gasteiger partial charge is 0.462 e. The molecule has 0 aromatic carbocycles. The molecule has 0 saturated carbocycles. The van der Waals surface area contributed by atoms with Crippen molar-refractivity contribution in [1.29, 1.82) is 0 Å². The second-order valence-corrected chi connectivity index (χ2v) is 27.5. The summed E-state index contributed by atoms with van der Waals surface area (Å²) in [6.45, 7) is 4.82. The van der Waals surface area contributed by atoms with Crippen LogP contribution in [0.4, 0.5) is 0 Å². The van der Waals surface area contributed by atoms with Crippen molar-refractivity contribution in [2.45, 2.75) is 373 Å². The van der Waals surface area contributed by atoms with Crippen LogP contribution in [0.25, 0.3) is 0 Å². The number of aliphatic hydroxyl groups excluding tert-OH is 1. The molecule has 0 aliphatic rings. The van der Waals surface area contributed by atoms with Gasteiger partial charge in [0.1, 0.15) is 19.3 Å². The van der Waals surface area contributed by atoms with Crippen molar-refractivity contribution in [3.05, 3.63) is 0 Å². The summed E-state index contributed by atoms with van der Waals surface area (Å²) in [5, 5.41) is 10.5. The van der Waals surface area contributed by atoms with Crippen molar-refractivity contribution in [2.75, 3.05) is 39.6 Å². The van der Waals surface area contributed by atoms with Crippen LogP contribution in [0, 0.1) is 0 Å². The van der Waals surface area contributed by atoms with Crippen molar-refractivity contribution in [3.63, 3.8) is 0 Å². The van der Waals surface area contributed by atoms with Crippen LogP contribution in [0.5, 0.6) is 0 Å². The van der Waals surface area contributed by atoms with E-state index in [0.717, 1.165) is 96.3 Å². The van der Waals surface area contributed by atoms with E-state index in [-0.39, 0.29) is 25.7 Å². The summed E-state index contributed by atoms with van der Waals surface area (Å²) >= 11 is 0. The molecule has 2 unspecified atom stereocenters. The molecule has 0 bridgehead atoms. The van der Waals surface area contributed by atoms with Crippen molar-refractivity contribution in [3.8, 4) is 0 Å². The van der Waals surface area contributed by atoms with Crippen LogP contribution in [0.3, 0.4) is 0 Å². The van der Waals surface area contributed by atoms with Gasteiger partial charge in [-0.25, -0.2) is 9.13 Å². The molecule has 0 aromatic rings. The predicted octanol–water partition coefficient (Wildman–Crippen LogP) is 19.5. The van der Waals surface area contributed by atoms with Gasteiger partial charge in [-0.05, 0) is 25.7 Å². The number of hydrogen-bond acceptors (Lipinski definition) is 15. The van der Waals surface area contributed by atoms with Gasteiger partial charge < -0.3 is 33.8 Å². The second kappa shape index (κ2) is 62.8. The zero-order valence-corrected chi connectivity index (χ0v) is 57.8. The second-order valence-electron chi connectivity index (χ2n) is 24.6. The van der Waals surface area contributed by atoms with Crippen LogP contribution >= 0.6 is 15.6 Å². The molecular weight excluding hydrogens is 1150 g/mol. The van der Waals surface area contributed by atoms with Crippen molar-refractivity contribution in [1.82, 2.24) is 0 Å². The van der Waals surface area contributed by atoms with Crippen molar-refractivity contribution in [2.24, 2.45) is 0 Å². The number of ether oxygens (including phenoxy) is 4. The third-order valence-corrected chi connectivity index (χ3v) is 17.8. The highest BCUT2D eigenvalue weighted by Gasteiger charge is 2.30. The summed E-state index contributed by atoms with van der Waals surface area (Å²) in [4.78, 5) is 72.1. The van der Waals surface area contributed by atoms with Crippen LogP contribution in [-0.2, 0) is 65.4 Å². The van der Waals surface area contributed by atoms with E-state index < -0.39 is 97.5 Å². The Morgan fingerprint density at radius 3 is 0.678 bits per heavy atom. The van der Waals surface area contributed by atoms with Gasteiger partial charge in [0.2, 0.25) is 0 Å². The summed E-state index contributed by atoms with van der Waals surface area (Å²) in [6.07, 6.45) is 50.5. The Hall–Kier alpha value is -1.94. The van der Waals surface area contributed by atoms with Gasteiger partial charge in [0, 0.05) is 25.7 Å². The Balaban J connectivity index is 5.08. The van der Waals surface area contributed by atoms with Gasteiger partial charge in [-0.15, -0.1) is 0 Å².